The average molecular weight is 398 g/mol. The van der Waals surface area contributed by atoms with Gasteiger partial charge in [-0.2, -0.15) is 4.98 Å². The molecule has 0 unspecified atom stereocenters. The van der Waals surface area contributed by atoms with Crippen LogP contribution in [0.15, 0.2) is 28.8 Å². The lowest BCUT2D eigenvalue weighted by atomic mass is 10.2. The maximum absolute atomic E-state index is 12.9. The summed E-state index contributed by atoms with van der Waals surface area (Å²) in [6.07, 6.45) is 1.24. The Hall–Kier alpha value is -2.94. The van der Waals surface area contributed by atoms with Gasteiger partial charge in [-0.3, -0.25) is 0 Å². The lowest BCUT2D eigenvalue weighted by Gasteiger charge is -2.22. The van der Waals surface area contributed by atoms with Gasteiger partial charge in [0.25, 0.3) is 0 Å². The van der Waals surface area contributed by atoms with E-state index >= 15 is 0 Å². The standard InChI is InChI=1S/C20H26N6O3/c1-4-25-16-8-6-5-7-15(16)23-18(25)9-10-21-20(27)26-12-14(28-3)11-17(26)19-22-13(2)24-29-19/h5-8,14,17H,4,9-12H2,1-3H3,(H,21,27)/t14-,17+/m0/s1. The van der Waals surface area contributed by atoms with Crippen molar-refractivity contribution in [3.63, 3.8) is 0 Å². The second-order valence-corrected chi connectivity index (χ2v) is 7.18. The minimum absolute atomic E-state index is 0.0535. The molecule has 2 atom stereocenters. The minimum Gasteiger partial charge on any atom is -0.380 e. The Morgan fingerprint density at radius 1 is 1.34 bits per heavy atom. The quantitative estimate of drug-likeness (QED) is 0.685. The van der Waals surface area contributed by atoms with Gasteiger partial charge in [-0.05, 0) is 26.0 Å². The second kappa shape index (κ2) is 8.20. The molecule has 9 nitrogen and oxygen atoms in total. The van der Waals surface area contributed by atoms with E-state index in [4.69, 9.17) is 14.2 Å². The van der Waals surface area contributed by atoms with Crippen molar-refractivity contribution in [2.45, 2.75) is 45.4 Å². The maximum Gasteiger partial charge on any atom is 0.318 e. The van der Waals surface area contributed by atoms with Crippen LogP contribution < -0.4 is 5.32 Å². The normalized spacial score (nSPS) is 19.2. The molecule has 1 saturated heterocycles. The van der Waals surface area contributed by atoms with E-state index in [0.29, 0.717) is 37.6 Å². The highest BCUT2D eigenvalue weighted by Crippen LogP contribution is 2.32. The fourth-order valence-electron chi connectivity index (χ4n) is 3.93. The van der Waals surface area contributed by atoms with Crippen LogP contribution in [0.25, 0.3) is 11.0 Å². The van der Waals surface area contributed by atoms with E-state index in [0.717, 1.165) is 23.4 Å². The van der Waals surface area contributed by atoms with Crippen molar-refractivity contribution in [2.24, 2.45) is 0 Å². The van der Waals surface area contributed by atoms with Gasteiger partial charge in [0.2, 0.25) is 5.89 Å². The number of amides is 2. The third-order valence-corrected chi connectivity index (χ3v) is 5.36. The van der Waals surface area contributed by atoms with Gasteiger partial charge >= 0.3 is 6.03 Å². The number of ether oxygens (including phenoxy) is 1. The highest BCUT2D eigenvalue weighted by molar-refractivity contribution is 5.76. The first-order chi connectivity index (χ1) is 14.1. The van der Waals surface area contributed by atoms with E-state index in [9.17, 15) is 4.79 Å². The van der Waals surface area contributed by atoms with E-state index in [1.807, 2.05) is 18.2 Å². The third-order valence-electron chi connectivity index (χ3n) is 5.36. The number of nitrogens with one attached hydrogen (secondary N) is 1. The summed E-state index contributed by atoms with van der Waals surface area (Å²) in [7, 11) is 1.65. The van der Waals surface area contributed by atoms with Crippen molar-refractivity contribution in [1.82, 2.24) is 29.9 Å². The number of imidazole rings is 1. The molecule has 3 heterocycles. The first-order valence-corrected chi connectivity index (χ1v) is 9.92. The SMILES string of the molecule is CCn1c(CCNC(=O)N2C[C@@H](OC)C[C@@H]2c2nc(C)no2)nc2ccccc21. The maximum atomic E-state index is 12.9. The van der Waals surface area contributed by atoms with Crippen molar-refractivity contribution < 1.29 is 14.1 Å². The first kappa shape index (κ1) is 19.4. The van der Waals surface area contributed by atoms with Gasteiger partial charge in [0, 0.05) is 39.6 Å². The summed E-state index contributed by atoms with van der Waals surface area (Å²) in [6, 6.07) is 7.64. The van der Waals surface area contributed by atoms with Crippen molar-refractivity contribution in [3.05, 3.63) is 41.8 Å². The number of carbonyl (C=O) groups is 1. The second-order valence-electron chi connectivity index (χ2n) is 7.18. The molecule has 154 valence electrons. The molecule has 1 aliphatic rings. The number of hydrogen-bond acceptors (Lipinski definition) is 6. The van der Waals surface area contributed by atoms with Crippen LogP contribution in [0.2, 0.25) is 0 Å². The summed E-state index contributed by atoms with van der Waals surface area (Å²) < 4.78 is 13.0. The number of nitrogens with zero attached hydrogens (tertiary/aromatic N) is 5. The summed E-state index contributed by atoms with van der Waals surface area (Å²) in [6.45, 7) is 5.68. The molecule has 1 aromatic carbocycles. The molecule has 2 amide bonds. The molecule has 29 heavy (non-hydrogen) atoms. The van der Waals surface area contributed by atoms with Crippen LogP contribution in [0.1, 0.15) is 36.9 Å². The number of urea groups is 1. The van der Waals surface area contributed by atoms with Gasteiger partial charge in [0.15, 0.2) is 5.82 Å². The molecule has 3 aromatic rings. The number of aromatic nitrogens is 4. The van der Waals surface area contributed by atoms with Crippen LogP contribution in [-0.2, 0) is 17.7 Å². The molecule has 4 rings (SSSR count). The van der Waals surface area contributed by atoms with Gasteiger partial charge in [-0.15, -0.1) is 0 Å². The van der Waals surface area contributed by atoms with Crippen LogP contribution in [0.5, 0.6) is 0 Å². The van der Waals surface area contributed by atoms with E-state index in [-0.39, 0.29) is 18.2 Å². The Labute approximate surface area is 169 Å². The van der Waals surface area contributed by atoms with Gasteiger partial charge in [-0.1, -0.05) is 17.3 Å². The lowest BCUT2D eigenvalue weighted by molar-refractivity contribution is 0.110. The number of carbonyl (C=O) groups excluding carboxylic acids is 1. The number of methoxy groups -OCH3 is 1. The number of fused-ring (bicyclic) bond motifs is 1. The summed E-state index contributed by atoms with van der Waals surface area (Å²) in [5.41, 5.74) is 2.09. The molecule has 2 aromatic heterocycles. The van der Waals surface area contributed by atoms with Crippen molar-refractivity contribution >= 4 is 17.1 Å². The summed E-state index contributed by atoms with van der Waals surface area (Å²) in [4.78, 5) is 23.6. The fourth-order valence-corrected chi connectivity index (χ4v) is 3.93. The van der Waals surface area contributed by atoms with Crippen LogP contribution in [-0.4, -0.2) is 56.9 Å². The highest BCUT2D eigenvalue weighted by atomic mass is 16.5. The molecular weight excluding hydrogens is 372 g/mol. The number of para-hydroxylation sites is 2. The molecule has 9 heteroatoms. The molecule has 0 spiro atoms. The summed E-state index contributed by atoms with van der Waals surface area (Å²) in [5.74, 6) is 1.97. The Balaban J connectivity index is 1.42. The van der Waals surface area contributed by atoms with E-state index in [1.54, 1.807) is 18.9 Å². The molecule has 0 bridgehead atoms. The third kappa shape index (κ3) is 3.82. The molecule has 1 aliphatic heterocycles. The van der Waals surface area contributed by atoms with Gasteiger partial charge in [0.1, 0.15) is 11.9 Å². The van der Waals surface area contributed by atoms with Crippen LogP contribution in [0, 0.1) is 6.92 Å². The molecule has 0 radical (unpaired) electrons. The number of rotatable bonds is 6. The van der Waals surface area contributed by atoms with Crippen molar-refractivity contribution in [1.29, 1.82) is 0 Å². The first-order valence-electron chi connectivity index (χ1n) is 9.92. The van der Waals surface area contributed by atoms with Gasteiger partial charge < -0.3 is 24.0 Å². The fraction of sp³-hybridized carbons (Fsp3) is 0.500. The van der Waals surface area contributed by atoms with E-state index in [2.05, 4.69) is 33.0 Å². The van der Waals surface area contributed by atoms with Crippen LogP contribution >= 0.6 is 0 Å². The number of hydrogen-bond donors (Lipinski definition) is 1. The van der Waals surface area contributed by atoms with Crippen LogP contribution in [0.3, 0.4) is 0 Å². The minimum atomic E-state index is -0.277. The largest absolute Gasteiger partial charge is 0.380 e. The van der Waals surface area contributed by atoms with Gasteiger partial charge in [-0.25, -0.2) is 9.78 Å². The van der Waals surface area contributed by atoms with Crippen LogP contribution in [0.4, 0.5) is 4.79 Å². The van der Waals surface area contributed by atoms with E-state index in [1.165, 1.54) is 0 Å². The zero-order valence-corrected chi connectivity index (χ0v) is 17.0. The van der Waals surface area contributed by atoms with Gasteiger partial charge in [0.05, 0.1) is 17.1 Å². The van der Waals surface area contributed by atoms with Crippen molar-refractivity contribution in [3.8, 4) is 0 Å². The zero-order valence-electron chi connectivity index (χ0n) is 17.0. The molecule has 1 N–H and O–H groups in total. The molecule has 1 fully saturated rings. The topological polar surface area (TPSA) is 98.3 Å². The Bertz CT molecular complexity index is 997. The smallest absolute Gasteiger partial charge is 0.318 e. The average Bonchev–Trinajstić information content (AvgIpc) is 3.43. The predicted octanol–water partition coefficient (Wildman–Crippen LogP) is 2.46. The predicted molar refractivity (Wildman–Crippen MR) is 106 cm³/mol. The monoisotopic (exact) mass is 398 g/mol. The van der Waals surface area contributed by atoms with E-state index < -0.39 is 0 Å². The Morgan fingerprint density at radius 2 is 2.17 bits per heavy atom. The Morgan fingerprint density at radius 3 is 2.90 bits per heavy atom. The van der Waals surface area contributed by atoms with Crippen molar-refractivity contribution in [2.75, 3.05) is 20.2 Å². The number of likely N-dealkylation sites (tertiary alicyclic amines) is 1. The zero-order chi connectivity index (χ0) is 20.4. The molecular formula is C20H26N6O3. The summed E-state index contributed by atoms with van der Waals surface area (Å²) >= 11 is 0. The summed E-state index contributed by atoms with van der Waals surface area (Å²) in [5, 5.41) is 6.86. The Kier molecular flexibility index (Phi) is 5.48. The highest BCUT2D eigenvalue weighted by Gasteiger charge is 2.39. The number of benzene rings is 1. The molecule has 0 saturated carbocycles. The molecule has 0 aliphatic carbocycles. The number of aryl methyl sites for hydroxylation is 2. The lowest BCUT2D eigenvalue weighted by Crippen LogP contribution is -2.41.